The Balaban J connectivity index is 2.03. The molecule has 0 fully saturated rings. The molecule has 0 spiro atoms. The molecule has 0 radical (unpaired) electrons. The summed E-state index contributed by atoms with van der Waals surface area (Å²) in [5.74, 6) is 1.53. The minimum Gasteiger partial charge on any atom is -0.368 e. The Morgan fingerprint density at radius 3 is 2.94 bits per heavy atom. The van der Waals surface area contributed by atoms with Crippen LogP contribution in [-0.4, -0.2) is 16.5 Å². The first-order valence-corrected chi connectivity index (χ1v) is 6.29. The van der Waals surface area contributed by atoms with Gasteiger partial charge in [0.05, 0.1) is 17.8 Å². The summed E-state index contributed by atoms with van der Waals surface area (Å²) < 4.78 is 0. The molecule has 4 N–H and O–H groups in total. The van der Waals surface area contributed by atoms with Gasteiger partial charge in [-0.15, -0.1) is 0 Å². The van der Waals surface area contributed by atoms with E-state index in [-0.39, 0.29) is 0 Å². The number of hydrogen-bond acceptors (Lipinski definition) is 3. The van der Waals surface area contributed by atoms with Gasteiger partial charge in [-0.2, -0.15) is 4.98 Å². The minimum absolute atomic E-state index is 0.433. The van der Waals surface area contributed by atoms with E-state index >= 15 is 0 Å². The van der Waals surface area contributed by atoms with Crippen LogP contribution in [0.1, 0.15) is 43.9 Å². The van der Waals surface area contributed by atoms with E-state index in [0.29, 0.717) is 5.95 Å². The Bertz CT molecular complexity index is 362. The quantitative estimate of drug-likeness (QED) is 0.727. The maximum absolute atomic E-state index is 5.72. The van der Waals surface area contributed by atoms with Gasteiger partial charge in [-0.3, -0.25) is 5.32 Å². The topological polar surface area (TPSA) is 68.4 Å². The number of nitrogens with zero attached hydrogens (tertiary/aromatic N) is 2. The number of hydrogen-bond donors (Lipinski definition) is 2. The molecule has 88 valence electrons. The van der Waals surface area contributed by atoms with E-state index in [9.17, 15) is 0 Å². The predicted molar refractivity (Wildman–Crippen MR) is 64.4 cm³/mol. The highest BCUT2D eigenvalue weighted by Crippen LogP contribution is 2.23. The molecule has 0 saturated carbocycles. The lowest BCUT2D eigenvalue weighted by Gasteiger charge is -2.05. The van der Waals surface area contributed by atoms with Gasteiger partial charge in [-0.1, -0.05) is 13.3 Å². The van der Waals surface area contributed by atoms with E-state index in [4.69, 9.17) is 5.73 Å². The Kier molecular flexibility index (Phi) is 3.72. The summed E-state index contributed by atoms with van der Waals surface area (Å²) in [6.07, 6.45) is 7.18. The summed E-state index contributed by atoms with van der Waals surface area (Å²) in [6, 6.07) is 0. The molecule has 1 aromatic heterocycles. The van der Waals surface area contributed by atoms with E-state index < -0.39 is 0 Å². The van der Waals surface area contributed by atoms with Crippen molar-refractivity contribution in [3.05, 3.63) is 11.3 Å². The minimum atomic E-state index is 0.433. The number of nitrogens with two attached hydrogens (primary N) is 2. The average molecular weight is 221 g/mol. The first kappa shape index (κ1) is 11.3. The molecule has 0 aliphatic heterocycles. The van der Waals surface area contributed by atoms with E-state index in [2.05, 4.69) is 22.2 Å². The highest BCUT2D eigenvalue weighted by molar-refractivity contribution is 5.42. The van der Waals surface area contributed by atoms with Crippen LogP contribution in [-0.2, 0) is 12.8 Å². The number of aromatic nitrogens is 2. The molecule has 1 aliphatic rings. The number of nitrogen functional groups attached to an aromatic ring is 1. The molecule has 4 heteroatoms. The first-order chi connectivity index (χ1) is 7.81. The summed E-state index contributed by atoms with van der Waals surface area (Å²) in [5.41, 5.74) is 8.23. The predicted octanol–water partition coefficient (Wildman–Crippen LogP) is 0.933. The van der Waals surface area contributed by atoms with Crippen LogP contribution in [0.2, 0.25) is 0 Å². The van der Waals surface area contributed by atoms with E-state index in [1.165, 1.54) is 36.9 Å². The van der Waals surface area contributed by atoms with Gasteiger partial charge in [0.25, 0.3) is 0 Å². The van der Waals surface area contributed by atoms with Crippen LogP contribution in [0.5, 0.6) is 0 Å². The lowest BCUT2D eigenvalue weighted by molar-refractivity contribution is -0.576. The third-order valence-corrected chi connectivity index (χ3v) is 3.13. The highest BCUT2D eigenvalue weighted by atomic mass is 15.1. The fourth-order valence-corrected chi connectivity index (χ4v) is 2.28. The SMILES string of the molecule is CCCCC[NH2+]c1nc(N)nc2c1CCC2. The van der Waals surface area contributed by atoms with E-state index in [1.54, 1.807) is 0 Å². The Morgan fingerprint density at radius 2 is 2.12 bits per heavy atom. The van der Waals surface area contributed by atoms with Crippen molar-refractivity contribution in [2.75, 3.05) is 12.3 Å². The van der Waals surface area contributed by atoms with Gasteiger partial charge < -0.3 is 5.73 Å². The maximum atomic E-state index is 5.72. The van der Waals surface area contributed by atoms with Gasteiger partial charge >= 0.3 is 0 Å². The first-order valence-electron chi connectivity index (χ1n) is 6.29. The zero-order valence-corrected chi connectivity index (χ0v) is 10.00. The standard InChI is InChI=1S/C12H20N4/c1-2-3-4-8-14-11-9-6-5-7-10(9)15-12(13)16-11/h2-8H2,1H3,(H3,13,14,15,16)/p+1. The summed E-state index contributed by atoms with van der Waals surface area (Å²) in [7, 11) is 0. The molecule has 4 nitrogen and oxygen atoms in total. The molecular weight excluding hydrogens is 200 g/mol. The van der Waals surface area contributed by atoms with Crippen molar-refractivity contribution < 1.29 is 5.32 Å². The van der Waals surface area contributed by atoms with Gasteiger partial charge in [0.1, 0.15) is 0 Å². The second kappa shape index (κ2) is 5.25. The third kappa shape index (κ3) is 2.50. The summed E-state index contributed by atoms with van der Waals surface area (Å²) in [5, 5.41) is 2.23. The zero-order valence-electron chi connectivity index (χ0n) is 10.00. The smallest absolute Gasteiger partial charge is 0.232 e. The second-order valence-corrected chi connectivity index (χ2v) is 4.45. The third-order valence-electron chi connectivity index (χ3n) is 3.13. The molecule has 16 heavy (non-hydrogen) atoms. The van der Waals surface area contributed by atoms with Crippen LogP contribution in [0.4, 0.5) is 11.8 Å². The molecule has 1 heterocycles. The van der Waals surface area contributed by atoms with Crippen molar-refractivity contribution >= 4 is 11.8 Å². The Morgan fingerprint density at radius 1 is 1.25 bits per heavy atom. The molecule has 1 aromatic rings. The monoisotopic (exact) mass is 221 g/mol. The highest BCUT2D eigenvalue weighted by Gasteiger charge is 2.20. The second-order valence-electron chi connectivity index (χ2n) is 4.45. The van der Waals surface area contributed by atoms with Gasteiger partial charge in [-0.25, -0.2) is 4.98 Å². The fraction of sp³-hybridized carbons (Fsp3) is 0.667. The van der Waals surface area contributed by atoms with Crippen molar-refractivity contribution in [2.24, 2.45) is 0 Å². The van der Waals surface area contributed by atoms with Gasteiger partial charge in [0, 0.05) is 0 Å². The summed E-state index contributed by atoms with van der Waals surface area (Å²) in [4.78, 5) is 8.66. The molecule has 0 bridgehead atoms. The molecule has 0 amide bonds. The number of quaternary nitrogens is 1. The van der Waals surface area contributed by atoms with Crippen LogP contribution in [0, 0.1) is 0 Å². The van der Waals surface area contributed by atoms with Crippen molar-refractivity contribution in [1.29, 1.82) is 0 Å². The Hall–Kier alpha value is -1.16. The molecule has 0 atom stereocenters. The number of anilines is 1. The van der Waals surface area contributed by atoms with E-state index in [0.717, 1.165) is 25.2 Å². The van der Waals surface area contributed by atoms with Crippen LogP contribution < -0.4 is 11.1 Å². The molecule has 0 unspecified atom stereocenters. The summed E-state index contributed by atoms with van der Waals surface area (Å²) in [6.45, 7) is 3.33. The fourth-order valence-electron chi connectivity index (χ4n) is 2.28. The van der Waals surface area contributed by atoms with Crippen molar-refractivity contribution in [3.8, 4) is 0 Å². The van der Waals surface area contributed by atoms with Crippen LogP contribution >= 0.6 is 0 Å². The number of rotatable bonds is 5. The molecule has 2 rings (SSSR count). The molecular formula is C12H21N4+. The van der Waals surface area contributed by atoms with Crippen LogP contribution in [0.25, 0.3) is 0 Å². The van der Waals surface area contributed by atoms with Gasteiger partial charge in [0.2, 0.25) is 11.8 Å². The van der Waals surface area contributed by atoms with Crippen molar-refractivity contribution in [2.45, 2.75) is 45.4 Å². The lowest BCUT2D eigenvalue weighted by atomic mass is 10.2. The van der Waals surface area contributed by atoms with Crippen molar-refractivity contribution in [3.63, 3.8) is 0 Å². The van der Waals surface area contributed by atoms with Crippen molar-refractivity contribution in [1.82, 2.24) is 9.97 Å². The largest absolute Gasteiger partial charge is 0.368 e. The van der Waals surface area contributed by atoms with Crippen LogP contribution in [0.15, 0.2) is 0 Å². The molecule has 1 aliphatic carbocycles. The van der Waals surface area contributed by atoms with E-state index in [1.807, 2.05) is 0 Å². The molecule has 0 saturated heterocycles. The zero-order chi connectivity index (χ0) is 11.4. The number of unbranched alkanes of at least 4 members (excludes halogenated alkanes) is 2. The normalized spacial score (nSPS) is 14.1. The lowest BCUT2D eigenvalue weighted by Crippen LogP contribution is -2.79. The van der Waals surface area contributed by atoms with Crippen LogP contribution in [0.3, 0.4) is 0 Å². The van der Waals surface area contributed by atoms with Gasteiger partial charge in [-0.05, 0) is 32.1 Å². The maximum Gasteiger partial charge on any atom is 0.232 e. The van der Waals surface area contributed by atoms with Gasteiger partial charge in [0.15, 0.2) is 0 Å². The number of fused-ring (bicyclic) bond motifs is 1. The average Bonchev–Trinajstić information content (AvgIpc) is 2.72. The Labute approximate surface area is 96.7 Å². The summed E-state index contributed by atoms with van der Waals surface area (Å²) >= 11 is 0. The molecule has 0 aromatic carbocycles. The number of aryl methyl sites for hydroxylation is 1.